The van der Waals surface area contributed by atoms with Gasteiger partial charge in [0.25, 0.3) is 0 Å². The van der Waals surface area contributed by atoms with Gasteiger partial charge in [-0.1, -0.05) is 101 Å². The lowest BCUT2D eigenvalue weighted by Crippen LogP contribution is -1.91. The summed E-state index contributed by atoms with van der Waals surface area (Å²) >= 11 is 3.60. The van der Waals surface area contributed by atoms with Gasteiger partial charge in [0.05, 0.1) is 0 Å². The zero-order valence-corrected chi connectivity index (χ0v) is 14.1. The highest BCUT2D eigenvalue weighted by Gasteiger charge is 2.11. The Hall–Kier alpha value is -2.38. The first-order valence-corrected chi connectivity index (χ1v) is 8.57. The Morgan fingerprint density at radius 2 is 1.00 bits per heavy atom. The summed E-state index contributed by atoms with van der Waals surface area (Å²) in [7, 11) is 0. The summed E-state index contributed by atoms with van der Waals surface area (Å²) < 4.78 is 0. The quantitative estimate of drug-likeness (QED) is 0.370. The molecule has 0 aliphatic rings. The molecular formula is C22H15Br. The molecule has 23 heavy (non-hydrogen) atoms. The van der Waals surface area contributed by atoms with Crippen LogP contribution >= 0.6 is 15.9 Å². The average Bonchev–Trinajstić information content (AvgIpc) is 2.63. The predicted octanol–water partition coefficient (Wildman–Crippen LogP) is 6.78. The molecule has 1 heteroatoms. The van der Waals surface area contributed by atoms with Crippen molar-refractivity contribution >= 4 is 43.0 Å². The van der Waals surface area contributed by atoms with Crippen LogP contribution < -0.4 is 0 Å². The molecule has 0 nitrogen and oxygen atoms in total. The standard InChI is InChI=1S/C22H15Br/c23-15-22(20-13-5-9-16-7-1-3-11-18(16)20)21-14-6-10-17-8-2-4-12-19(17)21/h1-15H. The smallest absolute Gasteiger partial charge is 0.00297 e. The zero-order chi connectivity index (χ0) is 15.6. The van der Waals surface area contributed by atoms with Crippen molar-refractivity contribution in [3.63, 3.8) is 0 Å². The second kappa shape index (κ2) is 6.02. The minimum atomic E-state index is 1.21. The van der Waals surface area contributed by atoms with Crippen LogP contribution in [0.5, 0.6) is 0 Å². The van der Waals surface area contributed by atoms with Crippen LogP contribution in [0, 0.1) is 0 Å². The van der Waals surface area contributed by atoms with Gasteiger partial charge in [0, 0.05) is 0 Å². The summed E-state index contributed by atoms with van der Waals surface area (Å²) in [4.78, 5) is 2.04. The third-order valence-electron chi connectivity index (χ3n) is 4.27. The van der Waals surface area contributed by atoms with E-state index in [0.29, 0.717) is 0 Å². The van der Waals surface area contributed by atoms with Crippen LogP contribution in [-0.4, -0.2) is 0 Å². The SMILES string of the molecule is BrC=C(c1cccc2ccccc12)c1cccc2ccccc12. The molecule has 0 saturated heterocycles. The minimum Gasteiger partial charge on any atom is -0.0616 e. The second-order valence-electron chi connectivity index (χ2n) is 5.58. The van der Waals surface area contributed by atoms with Crippen LogP contribution in [0.4, 0.5) is 0 Å². The van der Waals surface area contributed by atoms with E-state index in [1.165, 1.54) is 38.2 Å². The summed E-state index contributed by atoms with van der Waals surface area (Å²) in [6.07, 6.45) is 0. The lowest BCUT2D eigenvalue weighted by molar-refractivity contribution is 1.62. The first-order valence-electron chi connectivity index (χ1n) is 7.65. The Kier molecular flexibility index (Phi) is 3.72. The lowest BCUT2D eigenvalue weighted by atomic mass is 9.91. The number of benzene rings is 4. The molecule has 0 bridgehead atoms. The largest absolute Gasteiger partial charge is 0.0616 e. The summed E-state index contributed by atoms with van der Waals surface area (Å²) in [5, 5.41) is 5.07. The third kappa shape index (κ3) is 2.47. The van der Waals surface area contributed by atoms with Gasteiger partial charge in [-0.15, -0.1) is 0 Å². The van der Waals surface area contributed by atoms with Crippen molar-refractivity contribution in [1.82, 2.24) is 0 Å². The van der Waals surface area contributed by atoms with Crippen LogP contribution in [0.3, 0.4) is 0 Å². The molecule has 0 aromatic heterocycles. The fourth-order valence-electron chi connectivity index (χ4n) is 3.18. The average molecular weight is 359 g/mol. The number of rotatable bonds is 2. The molecule has 0 aliphatic heterocycles. The topological polar surface area (TPSA) is 0 Å². The van der Waals surface area contributed by atoms with E-state index in [1.807, 2.05) is 4.99 Å². The molecule has 0 atom stereocenters. The molecular weight excluding hydrogens is 344 g/mol. The van der Waals surface area contributed by atoms with Crippen LogP contribution in [0.1, 0.15) is 11.1 Å². The molecule has 4 rings (SSSR count). The Labute approximate surface area is 144 Å². The monoisotopic (exact) mass is 358 g/mol. The van der Waals surface area contributed by atoms with Gasteiger partial charge in [0.2, 0.25) is 0 Å². The van der Waals surface area contributed by atoms with Crippen molar-refractivity contribution in [2.75, 3.05) is 0 Å². The van der Waals surface area contributed by atoms with Gasteiger partial charge >= 0.3 is 0 Å². The number of hydrogen-bond donors (Lipinski definition) is 0. The van der Waals surface area contributed by atoms with E-state index in [9.17, 15) is 0 Å². The van der Waals surface area contributed by atoms with Gasteiger partial charge in [-0.3, -0.25) is 0 Å². The number of halogens is 1. The highest BCUT2D eigenvalue weighted by molar-refractivity contribution is 9.11. The van der Waals surface area contributed by atoms with Gasteiger partial charge in [-0.2, -0.15) is 0 Å². The molecule has 0 spiro atoms. The van der Waals surface area contributed by atoms with Gasteiger partial charge in [-0.05, 0) is 43.2 Å². The molecule has 0 aliphatic carbocycles. The third-order valence-corrected chi connectivity index (χ3v) is 4.73. The molecule has 0 heterocycles. The number of fused-ring (bicyclic) bond motifs is 2. The van der Waals surface area contributed by atoms with E-state index in [0.717, 1.165) is 0 Å². The van der Waals surface area contributed by atoms with Crippen molar-refractivity contribution in [3.8, 4) is 0 Å². The Morgan fingerprint density at radius 1 is 0.565 bits per heavy atom. The molecule has 4 aromatic rings. The van der Waals surface area contributed by atoms with E-state index < -0.39 is 0 Å². The van der Waals surface area contributed by atoms with Crippen molar-refractivity contribution in [1.29, 1.82) is 0 Å². The summed E-state index contributed by atoms with van der Waals surface area (Å²) in [5.74, 6) is 0. The molecule has 0 saturated carbocycles. The van der Waals surface area contributed by atoms with E-state index in [4.69, 9.17) is 0 Å². The van der Waals surface area contributed by atoms with Gasteiger partial charge < -0.3 is 0 Å². The molecule has 0 unspecified atom stereocenters. The van der Waals surface area contributed by atoms with Crippen LogP contribution in [-0.2, 0) is 0 Å². The van der Waals surface area contributed by atoms with Gasteiger partial charge in [0.15, 0.2) is 0 Å². The van der Waals surface area contributed by atoms with E-state index in [1.54, 1.807) is 0 Å². The fourth-order valence-corrected chi connectivity index (χ4v) is 3.68. The van der Waals surface area contributed by atoms with Crippen molar-refractivity contribution in [3.05, 3.63) is 101 Å². The minimum absolute atomic E-state index is 1.21. The normalized spacial score (nSPS) is 10.8. The first kappa shape index (κ1) is 14.2. The van der Waals surface area contributed by atoms with Gasteiger partial charge in [0.1, 0.15) is 0 Å². The Balaban J connectivity index is 2.02. The molecule has 110 valence electrons. The molecule has 4 aromatic carbocycles. The maximum Gasteiger partial charge on any atom is -0.00297 e. The van der Waals surface area contributed by atoms with Crippen molar-refractivity contribution in [2.45, 2.75) is 0 Å². The maximum atomic E-state index is 3.60. The zero-order valence-electron chi connectivity index (χ0n) is 12.5. The highest BCUT2D eigenvalue weighted by atomic mass is 79.9. The summed E-state index contributed by atoms with van der Waals surface area (Å²) in [5.41, 5.74) is 3.70. The van der Waals surface area contributed by atoms with Crippen molar-refractivity contribution in [2.24, 2.45) is 0 Å². The molecule has 0 N–H and O–H groups in total. The molecule has 0 fully saturated rings. The lowest BCUT2D eigenvalue weighted by Gasteiger charge is -2.13. The van der Waals surface area contributed by atoms with Gasteiger partial charge in [-0.25, -0.2) is 0 Å². The van der Waals surface area contributed by atoms with Crippen LogP contribution in [0.25, 0.3) is 27.1 Å². The van der Waals surface area contributed by atoms with E-state index in [-0.39, 0.29) is 0 Å². The van der Waals surface area contributed by atoms with Crippen LogP contribution in [0.2, 0.25) is 0 Å². The highest BCUT2D eigenvalue weighted by Crippen LogP contribution is 2.34. The number of hydrogen-bond acceptors (Lipinski definition) is 0. The van der Waals surface area contributed by atoms with Crippen molar-refractivity contribution < 1.29 is 0 Å². The second-order valence-corrected chi connectivity index (χ2v) is 6.03. The predicted molar refractivity (Wildman–Crippen MR) is 104 cm³/mol. The summed E-state index contributed by atoms with van der Waals surface area (Å²) in [6.45, 7) is 0. The van der Waals surface area contributed by atoms with E-state index in [2.05, 4.69) is 101 Å². The molecule has 0 radical (unpaired) electrons. The maximum absolute atomic E-state index is 3.60. The Bertz CT molecular complexity index is 936. The molecule has 0 amide bonds. The Morgan fingerprint density at radius 3 is 1.48 bits per heavy atom. The van der Waals surface area contributed by atoms with E-state index >= 15 is 0 Å². The first-order chi connectivity index (χ1) is 11.4. The fraction of sp³-hybridized carbons (Fsp3) is 0. The summed E-state index contributed by atoms with van der Waals surface area (Å²) in [6, 6.07) is 30.0. The van der Waals surface area contributed by atoms with Crippen LogP contribution in [0.15, 0.2) is 89.9 Å².